The molecule has 0 spiro atoms. The van der Waals surface area contributed by atoms with E-state index in [0.717, 1.165) is 32.5 Å². The van der Waals surface area contributed by atoms with Gasteiger partial charge in [-0.25, -0.2) is 0 Å². The van der Waals surface area contributed by atoms with Gasteiger partial charge in [0, 0.05) is 12.8 Å². The van der Waals surface area contributed by atoms with Gasteiger partial charge in [-0.05, 0) is 19.3 Å². The summed E-state index contributed by atoms with van der Waals surface area (Å²) < 4.78 is 11.9. The summed E-state index contributed by atoms with van der Waals surface area (Å²) in [5, 5.41) is 0. The predicted molar refractivity (Wildman–Crippen MR) is 67.5 cm³/mol. The van der Waals surface area contributed by atoms with Gasteiger partial charge in [-0.3, -0.25) is 0 Å². The first-order valence-corrected chi connectivity index (χ1v) is 7.11. The van der Waals surface area contributed by atoms with Gasteiger partial charge < -0.3 is 9.47 Å². The van der Waals surface area contributed by atoms with E-state index in [1.807, 2.05) is 0 Å². The predicted octanol–water partition coefficient (Wildman–Crippen LogP) is 4.28. The molecule has 2 nitrogen and oxygen atoms in total. The van der Waals surface area contributed by atoms with Crippen molar-refractivity contribution in [1.29, 1.82) is 0 Å². The Morgan fingerprint density at radius 3 is 1.75 bits per heavy atom. The minimum absolute atomic E-state index is 0.220. The molecule has 1 aliphatic heterocycles. The summed E-state index contributed by atoms with van der Waals surface area (Å²) in [6.45, 7) is 6.26. The standard InChI is InChI=1S/C14H28O2/c1-3-5-7-10-14(11-8-6-4-2)15-12-9-13-16-14/h3-13H2,1-2H3. The van der Waals surface area contributed by atoms with E-state index in [0.29, 0.717) is 0 Å². The molecule has 0 N–H and O–H groups in total. The average molecular weight is 228 g/mol. The van der Waals surface area contributed by atoms with E-state index in [4.69, 9.17) is 9.47 Å². The van der Waals surface area contributed by atoms with Gasteiger partial charge in [-0.15, -0.1) is 0 Å². The normalized spacial score (nSPS) is 19.9. The molecule has 1 rings (SSSR count). The number of ether oxygens (including phenoxy) is 2. The van der Waals surface area contributed by atoms with Crippen LogP contribution in [0.1, 0.15) is 71.6 Å². The van der Waals surface area contributed by atoms with E-state index < -0.39 is 0 Å². The molecule has 0 saturated carbocycles. The van der Waals surface area contributed by atoms with Crippen LogP contribution in [0, 0.1) is 0 Å². The van der Waals surface area contributed by atoms with Crippen LogP contribution in [0.4, 0.5) is 0 Å². The second-order valence-electron chi connectivity index (χ2n) is 4.88. The molecule has 96 valence electrons. The van der Waals surface area contributed by atoms with Crippen LogP contribution in [0.2, 0.25) is 0 Å². The van der Waals surface area contributed by atoms with Crippen molar-refractivity contribution in [2.75, 3.05) is 13.2 Å². The van der Waals surface area contributed by atoms with Gasteiger partial charge in [0.25, 0.3) is 0 Å². The Kier molecular flexibility index (Phi) is 7.06. The molecular weight excluding hydrogens is 200 g/mol. The van der Waals surface area contributed by atoms with Gasteiger partial charge in [-0.2, -0.15) is 0 Å². The first-order chi connectivity index (χ1) is 7.83. The molecule has 0 aliphatic carbocycles. The van der Waals surface area contributed by atoms with Crippen molar-refractivity contribution in [3.63, 3.8) is 0 Å². The molecule has 0 radical (unpaired) electrons. The first-order valence-electron chi connectivity index (χ1n) is 7.11. The lowest BCUT2D eigenvalue weighted by atomic mass is 10.00. The monoisotopic (exact) mass is 228 g/mol. The molecule has 0 unspecified atom stereocenters. The van der Waals surface area contributed by atoms with Crippen LogP contribution in [-0.4, -0.2) is 19.0 Å². The van der Waals surface area contributed by atoms with Crippen molar-refractivity contribution < 1.29 is 9.47 Å². The lowest BCUT2D eigenvalue weighted by Crippen LogP contribution is -2.40. The van der Waals surface area contributed by atoms with Crippen molar-refractivity contribution in [2.24, 2.45) is 0 Å². The molecule has 0 aromatic rings. The topological polar surface area (TPSA) is 18.5 Å². The van der Waals surface area contributed by atoms with Gasteiger partial charge >= 0.3 is 0 Å². The van der Waals surface area contributed by atoms with Crippen LogP contribution in [-0.2, 0) is 9.47 Å². The molecule has 0 amide bonds. The molecule has 0 bridgehead atoms. The SMILES string of the molecule is CCCCCC1(CCCCC)OCCCO1. The minimum Gasteiger partial charge on any atom is -0.350 e. The molecule has 16 heavy (non-hydrogen) atoms. The maximum absolute atomic E-state index is 5.94. The molecule has 1 fully saturated rings. The van der Waals surface area contributed by atoms with Gasteiger partial charge in [-0.1, -0.05) is 39.5 Å². The zero-order chi connectivity index (χ0) is 11.7. The van der Waals surface area contributed by atoms with Crippen molar-refractivity contribution >= 4 is 0 Å². The summed E-state index contributed by atoms with van der Waals surface area (Å²) in [7, 11) is 0. The minimum atomic E-state index is -0.220. The summed E-state index contributed by atoms with van der Waals surface area (Å²) in [5.74, 6) is -0.220. The largest absolute Gasteiger partial charge is 0.350 e. The summed E-state index contributed by atoms with van der Waals surface area (Å²) in [6, 6.07) is 0. The number of hydrogen-bond donors (Lipinski definition) is 0. The molecule has 1 saturated heterocycles. The zero-order valence-electron chi connectivity index (χ0n) is 11.1. The average Bonchev–Trinajstić information content (AvgIpc) is 2.31. The van der Waals surface area contributed by atoms with E-state index >= 15 is 0 Å². The third kappa shape index (κ3) is 4.84. The Balaban J connectivity index is 2.33. The zero-order valence-corrected chi connectivity index (χ0v) is 11.1. The van der Waals surface area contributed by atoms with Crippen LogP contribution in [0.5, 0.6) is 0 Å². The molecule has 0 aromatic carbocycles. The molecule has 0 aromatic heterocycles. The lowest BCUT2D eigenvalue weighted by Gasteiger charge is -2.37. The van der Waals surface area contributed by atoms with Gasteiger partial charge in [0.15, 0.2) is 5.79 Å². The van der Waals surface area contributed by atoms with Gasteiger partial charge in [0.1, 0.15) is 0 Å². The quantitative estimate of drug-likeness (QED) is 0.577. The van der Waals surface area contributed by atoms with Crippen LogP contribution in [0.25, 0.3) is 0 Å². The Morgan fingerprint density at radius 1 is 0.812 bits per heavy atom. The maximum atomic E-state index is 5.94. The highest BCUT2D eigenvalue weighted by Gasteiger charge is 2.33. The molecule has 1 heterocycles. The van der Waals surface area contributed by atoms with Crippen molar-refractivity contribution in [3.8, 4) is 0 Å². The van der Waals surface area contributed by atoms with E-state index in [9.17, 15) is 0 Å². The maximum Gasteiger partial charge on any atom is 0.168 e. The van der Waals surface area contributed by atoms with E-state index in [1.54, 1.807) is 0 Å². The summed E-state index contributed by atoms with van der Waals surface area (Å²) in [6.07, 6.45) is 10.8. The summed E-state index contributed by atoms with van der Waals surface area (Å²) >= 11 is 0. The smallest absolute Gasteiger partial charge is 0.168 e. The van der Waals surface area contributed by atoms with E-state index in [2.05, 4.69) is 13.8 Å². The number of unbranched alkanes of at least 4 members (excludes halogenated alkanes) is 4. The van der Waals surface area contributed by atoms with Crippen molar-refractivity contribution in [2.45, 2.75) is 77.4 Å². The Bertz CT molecular complexity index is 150. The van der Waals surface area contributed by atoms with Crippen LogP contribution < -0.4 is 0 Å². The third-order valence-electron chi connectivity index (χ3n) is 3.34. The fourth-order valence-corrected chi connectivity index (χ4v) is 2.32. The summed E-state index contributed by atoms with van der Waals surface area (Å²) in [5.41, 5.74) is 0. The van der Waals surface area contributed by atoms with Crippen LogP contribution in [0.15, 0.2) is 0 Å². The second-order valence-corrected chi connectivity index (χ2v) is 4.88. The fraction of sp³-hybridized carbons (Fsp3) is 1.00. The van der Waals surface area contributed by atoms with E-state index in [-0.39, 0.29) is 5.79 Å². The molecule has 1 aliphatic rings. The van der Waals surface area contributed by atoms with Gasteiger partial charge in [0.2, 0.25) is 0 Å². The summed E-state index contributed by atoms with van der Waals surface area (Å²) in [4.78, 5) is 0. The molecular formula is C14H28O2. The highest BCUT2D eigenvalue weighted by atomic mass is 16.7. The van der Waals surface area contributed by atoms with Gasteiger partial charge in [0.05, 0.1) is 13.2 Å². The first kappa shape index (κ1) is 14.0. The highest BCUT2D eigenvalue weighted by Crippen LogP contribution is 2.30. The Labute approximate surface area is 101 Å². The molecule has 0 atom stereocenters. The Morgan fingerprint density at radius 2 is 1.31 bits per heavy atom. The van der Waals surface area contributed by atoms with Crippen LogP contribution in [0.3, 0.4) is 0 Å². The second kappa shape index (κ2) is 8.08. The fourth-order valence-electron chi connectivity index (χ4n) is 2.32. The molecule has 2 heteroatoms. The van der Waals surface area contributed by atoms with E-state index in [1.165, 1.54) is 38.5 Å². The van der Waals surface area contributed by atoms with Crippen molar-refractivity contribution in [1.82, 2.24) is 0 Å². The Hall–Kier alpha value is -0.0800. The van der Waals surface area contributed by atoms with Crippen molar-refractivity contribution in [3.05, 3.63) is 0 Å². The highest BCUT2D eigenvalue weighted by molar-refractivity contribution is 4.73. The number of rotatable bonds is 8. The lowest BCUT2D eigenvalue weighted by molar-refractivity contribution is -0.274. The van der Waals surface area contributed by atoms with Crippen LogP contribution >= 0.6 is 0 Å². The third-order valence-corrected chi connectivity index (χ3v) is 3.34. The number of hydrogen-bond acceptors (Lipinski definition) is 2.